The molecule has 0 aliphatic carbocycles. The molecule has 1 aromatic carbocycles. The first-order valence-electron chi connectivity index (χ1n) is 10.0. The standard InChI is InChI=1S/C24H20ClN5S/c25-18-8-10-19(11-9-18)30-23(22(28-24(30)31)20-6-1-2-13-27-20)21-7-4-14-29(21)16-17-5-3-12-26-15-17/h1-15,22-23H,16H2,(H,28,31)/t22-,23+/m1/s1. The van der Waals surface area contributed by atoms with E-state index in [2.05, 4.69) is 49.1 Å². The van der Waals surface area contributed by atoms with Gasteiger partial charge in [-0.05, 0) is 72.4 Å². The molecule has 0 radical (unpaired) electrons. The van der Waals surface area contributed by atoms with Crippen LogP contribution in [0.4, 0.5) is 5.69 Å². The lowest BCUT2D eigenvalue weighted by Gasteiger charge is -2.29. The van der Waals surface area contributed by atoms with E-state index in [9.17, 15) is 0 Å². The van der Waals surface area contributed by atoms with E-state index in [1.54, 1.807) is 6.20 Å². The van der Waals surface area contributed by atoms with Crippen LogP contribution in [0.2, 0.25) is 5.02 Å². The highest BCUT2D eigenvalue weighted by atomic mass is 35.5. The Morgan fingerprint density at radius 2 is 1.84 bits per heavy atom. The zero-order valence-corrected chi connectivity index (χ0v) is 18.2. The fraction of sp³-hybridized carbons (Fsp3) is 0.125. The molecule has 0 amide bonds. The molecule has 5 nitrogen and oxygen atoms in total. The van der Waals surface area contributed by atoms with Crippen LogP contribution < -0.4 is 10.2 Å². The topological polar surface area (TPSA) is 46.0 Å². The number of thiocarbonyl (C=S) groups is 1. The van der Waals surface area contributed by atoms with Gasteiger partial charge in [-0.1, -0.05) is 23.7 Å². The fourth-order valence-electron chi connectivity index (χ4n) is 4.06. The number of pyridine rings is 2. The average Bonchev–Trinajstić information content (AvgIpc) is 3.39. The SMILES string of the molecule is S=C1N[C@H](c2ccccn2)[C@H](c2cccn2Cc2cccnc2)N1c1ccc(Cl)cc1. The molecule has 3 aromatic heterocycles. The van der Waals surface area contributed by atoms with Gasteiger partial charge in [-0.15, -0.1) is 0 Å². The molecule has 31 heavy (non-hydrogen) atoms. The third-order valence-corrected chi connectivity index (χ3v) is 6.01. The Hall–Kier alpha value is -3.22. The third-order valence-electron chi connectivity index (χ3n) is 5.45. The van der Waals surface area contributed by atoms with Crippen molar-refractivity contribution in [2.24, 2.45) is 0 Å². The van der Waals surface area contributed by atoms with Gasteiger partial charge in [0.05, 0.1) is 11.7 Å². The molecule has 1 aliphatic heterocycles. The van der Waals surface area contributed by atoms with Gasteiger partial charge in [-0.25, -0.2) is 0 Å². The van der Waals surface area contributed by atoms with E-state index < -0.39 is 0 Å². The third kappa shape index (κ3) is 3.92. The Morgan fingerprint density at radius 1 is 0.968 bits per heavy atom. The van der Waals surface area contributed by atoms with Crippen LogP contribution in [0, 0.1) is 0 Å². The van der Waals surface area contributed by atoms with Crippen molar-refractivity contribution >= 4 is 34.6 Å². The maximum Gasteiger partial charge on any atom is 0.174 e. The summed E-state index contributed by atoms with van der Waals surface area (Å²) in [4.78, 5) is 11.0. The van der Waals surface area contributed by atoms with Crippen molar-refractivity contribution in [1.82, 2.24) is 19.9 Å². The smallest absolute Gasteiger partial charge is 0.174 e. The largest absolute Gasteiger partial charge is 0.351 e. The number of aromatic nitrogens is 3. The second kappa shape index (κ2) is 8.49. The summed E-state index contributed by atoms with van der Waals surface area (Å²) >= 11 is 11.9. The number of nitrogens with zero attached hydrogens (tertiary/aromatic N) is 4. The van der Waals surface area contributed by atoms with Gasteiger partial charge in [0.15, 0.2) is 5.11 Å². The normalized spacial score (nSPS) is 18.2. The van der Waals surface area contributed by atoms with E-state index in [1.807, 2.05) is 60.9 Å². The lowest BCUT2D eigenvalue weighted by molar-refractivity contribution is 0.533. The number of benzene rings is 1. The summed E-state index contributed by atoms with van der Waals surface area (Å²) in [5.74, 6) is 0. The minimum absolute atomic E-state index is 0.0738. The van der Waals surface area contributed by atoms with Crippen LogP contribution in [0.1, 0.15) is 29.0 Å². The van der Waals surface area contributed by atoms with Crippen molar-refractivity contribution in [3.05, 3.63) is 113 Å². The maximum atomic E-state index is 6.14. The van der Waals surface area contributed by atoms with Gasteiger partial charge < -0.3 is 14.8 Å². The van der Waals surface area contributed by atoms with E-state index >= 15 is 0 Å². The Balaban J connectivity index is 1.60. The Labute approximate surface area is 191 Å². The van der Waals surface area contributed by atoms with E-state index in [0.29, 0.717) is 10.1 Å². The highest BCUT2D eigenvalue weighted by molar-refractivity contribution is 7.80. The van der Waals surface area contributed by atoms with Crippen LogP contribution in [0.15, 0.2) is 91.5 Å². The summed E-state index contributed by atoms with van der Waals surface area (Å²) in [6.45, 7) is 0.725. The molecule has 4 aromatic rings. The van der Waals surface area contributed by atoms with Crippen LogP contribution in [0.25, 0.3) is 0 Å². The Kier molecular flexibility index (Phi) is 5.40. The summed E-state index contributed by atoms with van der Waals surface area (Å²) < 4.78 is 2.25. The van der Waals surface area contributed by atoms with Crippen LogP contribution >= 0.6 is 23.8 Å². The molecule has 0 unspecified atom stereocenters. The van der Waals surface area contributed by atoms with Crippen molar-refractivity contribution in [3.63, 3.8) is 0 Å². The molecule has 7 heteroatoms. The van der Waals surface area contributed by atoms with Gasteiger partial charge in [0, 0.05) is 47.7 Å². The van der Waals surface area contributed by atoms with Gasteiger partial charge in [-0.2, -0.15) is 0 Å². The lowest BCUT2D eigenvalue weighted by Crippen LogP contribution is -2.30. The fourth-order valence-corrected chi connectivity index (χ4v) is 4.54. The number of rotatable bonds is 5. The Morgan fingerprint density at radius 3 is 2.58 bits per heavy atom. The van der Waals surface area contributed by atoms with E-state index in [1.165, 1.54) is 0 Å². The van der Waals surface area contributed by atoms with Crippen LogP contribution in [0.3, 0.4) is 0 Å². The number of nitrogens with one attached hydrogen (secondary N) is 1. The van der Waals surface area contributed by atoms with E-state index in [4.69, 9.17) is 23.8 Å². The maximum absolute atomic E-state index is 6.14. The molecule has 154 valence electrons. The highest BCUT2D eigenvalue weighted by Crippen LogP contribution is 2.41. The predicted octanol–water partition coefficient (Wildman–Crippen LogP) is 5.16. The molecule has 0 spiro atoms. The minimum atomic E-state index is -0.0908. The number of halogens is 1. The Bertz CT molecular complexity index is 1180. The molecule has 5 rings (SSSR count). The molecule has 0 saturated carbocycles. The zero-order chi connectivity index (χ0) is 21.2. The van der Waals surface area contributed by atoms with Crippen LogP contribution in [-0.4, -0.2) is 19.6 Å². The van der Waals surface area contributed by atoms with Crippen molar-refractivity contribution in [1.29, 1.82) is 0 Å². The number of anilines is 1. The quantitative estimate of drug-likeness (QED) is 0.430. The van der Waals surface area contributed by atoms with Gasteiger partial charge in [0.2, 0.25) is 0 Å². The number of hydrogen-bond donors (Lipinski definition) is 1. The minimum Gasteiger partial charge on any atom is -0.351 e. The summed E-state index contributed by atoms with van der Waals surface area (Å²) in [6, 6.07) is 21.8. The van der Waals surface area contributed by atoms with E-state index in [0.717, 1.165) is 29.2 Å². The first kappa shape index (κ1) is 19.7. The van der Waals surface area contributed by atoms with Crippen molar-refractivity contribution in [2.75, 3.05) is 4.90 Å². The van der Waals surface area contributed by atoms with Gasteiger partial charge in [0.1, 0.15) is 6.04 Å². The average molecular weight is 446 g/mol. The second-order valence-corrected chi connectivity index (χ2v) is 8.22. The second-order valence-electron chi connectivity index (χ2n) is 7.40. The van der Waals surface area contributed by atoms with Crippen molar-refractivity contribution in [3.8, 4) is 0 Å². The molecule has 0 bridgehead atoms. The molecular weight excluding hydrogens is 426 g/mol. The van der Waals surface area contributed by atoms with Gasteiger partial charge in [0.25, 0.3) is 0 Å². The predicted molar refractivity (Wildman–Crippen MR) is 127 cm³/mol. The molecule has 1 aliphatic rings. The lowest BCUT2D eigenvalue weighted by atomic mass is 10.0. The van der Waals surface area contributed by atoms with Crippen LogP contribution in [0.5, 0.6) is 0 Å². The first-order valence-corrected chi connectivity index (χ1v) is 10.8. The molecule has 1 fully saturated rings. The zero-order valence-electron chi connectivity index (χ0n) is 16.6. The summed E-state index contributed by atoms with van der Waals surface area (Å²) in [5, 5.41) is 4.86. The first-order chi connectivity index (χ1) is 15.2. The van der Waals surface area contributed by atoms with Gasteiger partial charge >= 0.3 is 0 Å². The summed E-state index contributed by atoms with van der Waals surface area (Å²) in [5.41, 5.74) is 4.21. The van der Waals surface area contributed by atoms with Crippen LogP contribution in [-0.2, 0) is 6.54 Å². The van der Waals surface area contributed by atoms with Gasteiger partial charge in [-0.3, -0.25) is 9.97 Å². The molecule has 1 saturated heterocycles. The van der Waals surface area contributed by atoms with Crippen molar-refractivity contribution in [2.45, 2.75) is 18.6 Å². The molecule has 1 N–H and O–H groups in total. The molecule has 4 heterocycles. The summed E-state index contributed by atoms with van der Waals surface area (Å²) in [7, 11) is 0. The summed E-state index contributed by atoms with van der Waals surface area (Å²) in [6.07, 6.45) is 7.60. The number of hydrogen-bond acceptors (Lipinski definition) is 3. The highest BCUT2D eigenvalue weighted by Gasteiger charge is 2.41. The van der Waals surface area contributed by atoms with E-state index in [-0.39, 0.29) is 12.1 Å². The van der Waals surface area contributed by atoms with Crippen molar-refractivity contribution < 1.29 is 0 Å². The molecular formula is C24H20ClN5S. The molecule has 2 atom stereocenters. The monoisotopic (exact) mass is 445 g/mol.